The van der Waals surface area contributed by atoms with Crippen molar-refractivity contribution < 1.29 is 18.2 Å². The summed E-state index contributed by atoms with van der Waals surface area (Å²) < 4.78 is 19.3. The number of hydrogen-bond acceptors (Lipinski definition) is 3. The number of aromatic nitrogens is 1. The number of halogens is 1. The van der Waals surface area contributed by atoms with Gasteiger partial charge >= 0.3 is 0 Å². The van der Waals surface area contributed by atoms with Gasteiger partial charge in [-0.15, -0.1) is 0 Å². The lowest BCUT2D eigenvalue weighted by Gasteiger charge is -2.47. The van der Waals surface area contributed by atoms with E-state index in [-0.39, 0.29) is 23.8 Å². The van der Waals surface area contributed by atoms with Crippen LogP contribution in [0.5, 0.6) is 0 Å². The number of carbonyl (C=O) groups is 1. The summed E-state index contributed by atoms with van der Waals surface area (Å²) in [5.41, 5.74) is 1.61. The Bertz CT molecular complexity index is 831. The zero-order valence-electron chi connectivity index (χ0n) is 18.1. The second-order valence-electron chi connectivity index (χ2n) is 9.49. The van der Waals surface area contributed by atoms with E-state index in [2.05, 4.69) is 45.2 Å². The first-order valence-corrected chi connectivity index (χ1v) is 10.5. The Morgan fingerprint density at radius 2 is 1.83 bits per heavy atom. The number of rotatable bonds is 7. The molecule has 5 nitrogen and oxygen atoms in total. The molecule has 3 rings (SSSR count). The van der Waals surface area contributed by atoms with Crippen molar-refractivity contribution >= 4 is 5.91 Å². The highest BCUT2D eigenvalue weighted by molar-refractivity contribution is 5.81. The molecular weight excluding hydrogens is 369 g/mol. The van der Waals surface area contributed by atoms with Crippen LogP contribution in [-0.4, -0.2) is 41.2 Å². The first-order chi connectivity index (χ1) is 13.7. The van der Waals surface area contributed by atoms with Crippen molar-refractivity contribution in [2.45, 2.75) is 59.2 Å². The number of carbonyl (C=O) groups excluding carboxylic acids is 1. The third-order valence-electron chi connectivity index (χ3n) is 5.70. The average Bonchev–Trinajstić information content (AvgIpc) is 3.06. The van der Waals surface area contributed by atoms with Crippen LogP contribution >= 0.6 is 0 Å². The first-order valence-electron chi connectivity index (χ1n) is 10.5. The highest BCUT2D eigenvalue weighted by atomic mass is 19.1. The molecule has 1 N–H and O–H groups in total. The van der Waals surface area contributed by atoms with Crippen LogP contribution in [0.1, 0.15) is 46.2 Å². The molecule has 1 aromatic heterocycles. The van der Waals surface area contributed by atoms with Crippen molar-refractivity contribution in [3.8, 4) is 11.3 Å². The van der Waals surface area contributed by atoms with E-state index < -0.39 is 0 Å². The van der Waals surface area contributed by atoms with Gasteiger partial charge in [0.1, 0.15) is 18.1 Å². The Hall–Kier alpha value is -2.21. The van der Waals surface area contributed by atoms with E-state index >= 15 is 0 Å². The normalized spacial score (nSPS) is 24.9. The highest BCUT2D eigenvalue weighted by Crippen LogP contribution is 2.29. The molecule has 0 bridgehead atoms. The largest absolute Gasteiger partial charge is 0.356 e. The number of hydrogen-bond donors (Lipinski definition) is 1. The first kappa shape index (κ1) is 21.5. The number of nitrogens with one attached hydrogen (secondary N) is 1. The van der Waals surface area contributed by atoms with Crippen molar-refractivity contribution in [3.05, 3.63) is 41.8 Å². The summed E-state index contributed by atoms with van der Waals surface area (Å²) in [6.07, 6.45) is 1.80. The summed E-state index contributed by atoms with van der Waals surface area (Å²) in [4.78, 5) is 13.0. The quantitative estimate of drug-likeness (QED) is 0.699. The molecule has 1 aliphatic rings. The minimum Gasteiger partial charge on any atom is -0.356 e. The van der Waals surface area contributed by atoms with Crippen LogP contribution in [0.4, 0.5) is 4.39 Å². The summed E-state index contributed by atoms with van der Waals surface area (Å²) in [7, 11) is 2.16. The fourth-order valence-corrected chi connectivity index (χ4v) is 4.45. The predicted octanol–water partition coefficient (Wildman–Crippen LogP) is 4.39. The monoisotopic (exact) mass is 402 g/mol. The molecule has 3 unspecified atom stereocenters. The number of benzene rings is 1. The van der Waals surface area contributed by atoms with E-state index in [0.29, 0.717) is 28.6 Å². The average molecular weight is 403 g/mol. The van der Waals surface area contributed by atoms with Gasteiger partial charge in [-0.2, -0.15) is 0 Å². The Labute approximate surface area is 172 Å². The topological polar surface area (TPSA) is 55.1 Å². The summed E-state index contributed by atoms with van der Waals surface area (Å²) in [6.45, 7) is 10.2. The van der Waals surface area contributed by atoms with Crippen LogP contribution in [0.15, 0.2) is 34.9 Å². The van der Waals surface area contributed by atoms with E-state index in [9.17, 15) is 9.18 Å². The van der Waals surface area contributed by atoms with Gasteiger partial charge in [-0.3, -0.25) is 4.79 Å². The van der Waals surface area contributed by atoms with Crippen molar-refractivity contribution in [1.82, 2.24) is 10.5 Å². The fourth-order valence-electron chi connectivity index (χ4n) is 4.45. The Kier molecular flexibility index (Phi) is 6.42. The van der Waals surface area contributed by atoms with Gasteiger partial charge in [0.2, 0.25) is 0 Å². The molecule has 1 amide bonds. The van der Waals surface area contributed by atoms with Gasteiger partial charge in [0, 0.05) is 18.1 Å². The highest BCUT2D eigenvalue weighted by Gasteiger charge is 2.46. The number of likely N-dealkylation sites (N-methyl/N-ethyl adjacent to an activating group) is 1. The van der Waals surface area contributed by atoms with E-state index in [1.807, 2.05) is 6.07 Å². The minimum absolute atomic E-state index is 0.107. The maximum absolute atomic E-state index is 13.2. The third kappa shape index (κ3) is 5.24. The third-order valence-corrected chi connectivity index (χ3v) is 5.70. The summed E-state index contributed by atoms with van der Waals surface area (Å²) in [5, 5.41) is 7.51. The Morgan fingerprint density at radius 1 is 1.17 bits per heavy atom. The lowest BCUT2D eigenvalue weighted by molar-refractivity contribution is -0.942. The van der Waals surface area contributed by atoms with Crippen molar-refractivity contribution in [2.24, 2.45) is 11.8 Å². The maximum Gasteiger partial charge on any atom is 0.278 e. The number of piperazine rings is 1. The standard InChI is InChI=1S/C23H32FN3O2/c1-15(2)10-19-13-27(5,21(11-16(3)4)23(28)25-19)14-20-12-22(29-26-20)17-6-8-18(24)9-7-17/h6-9,12,15-16,19,21H,10-11,13-14H2,1-5H3/p+1. The second kappa shape index (κ2) is 8.66. The molecule has 0 saturated carbocycles. The predicted molar refractivity (Wildman–Crippen MR) is 111 cm³/mol. The molecule has 1 aliphatic heterocycles. The van der Waals surface area contributed by atoms with Crippen LogP contribution < -0.4 is 5.32 Å². The molecule has 0 spiro atoms. The number of amides is 1. The molecule has 6 heteroatoms. The molecule has 158 valence electrons. The van der Waals surface area contributed by atoms with Gasteiger partial charge in [0.15, 0.2) is 11.8 Å². The van der Waals surface area contributed by atoms with Gasteiger partial charge < -0.3 is 14.3 Å². The molecule has 2 heterocycles. The smallest absolute Gasteiger partial charge is 0.278 e. The lowest BCUT2D eigenvalue weighted by atomic mass is 9.92. The minimum atomic E-state index is -0.279. The van der Waals surface area contributed by atoms with Crippen molar-refractivity contribution in [2.75, 3.05) is 13.6 Å². The molecule has 2 aromatic rings. The van der Waals surface area contributed by atoms with Crippen LogP contribution in [0, 0.1) is 17.7 Å². The summed E-state index contributed by atoms with van der Waals surface area (Å²) >= 11 is 0. The molecule has 3 atom stereocenters. The molecule has 1 aromatic carbocycles. The van der Waals surface area contributed by atoms with Gasteiger partial charge in [0.25, 0.3) is 5.91 Å². The van der Waals surface area contributed by atoms with E-state index in [0.717, 1.165) is 30.6 Å². The van der Waals surface area contributed by atoms with Crippen molar-refractivity contribution in [3.63, 3.8) is 0 Å². The molecule has 1 saturated heterocycles. The number of nitrogens with zero attached hydrogens (tertiary/aromatic N) is 2. The molecule has 1 fully saturated rings. The van der Waals surface area contributed by atoms with Crippen LogP contribution in [0.3, 0.4) is 0 Å². The molecule has 0 aliphatic carbocycles. The maximum atomic E-state index is 13.2. The molecule has 29 heavy (non-hydrogen) atoms. The number of quaternary nitrogens is 1. The second-order valence-corrected chi connectivity index (χ2v) is 9.49. The van der Waals surface area contributed by atoms with Crippen molar-refractivity contribution in [1.29, 1.82) is 0 Å². The van der Waals surface area contributed by atoms with E-state index in [1.54, 1.807) is 12.1 Å². The van der Waals surface area contributed by atoms with Crippen LogP contribution in [0.2, 0.25) is 0 Å². The zero-order valence-corrected chi connectivity index (χ0v) is 18.1. The Balaban J connectivity index is 1.84. The summed E-state index contributed by atoms with van der Waals surface area (Å²) in [6, 6.07) is 8.16. The zero-order chi connectivity index (χ0) is 21.2. The molecular formula is C23H33FN3O2+. The van der Waals surface area contributed by atoms with Gasteiger partial charge in [0.05, 0.1) is 19.6 Å². The lowest BCUT2D eigenvalue weighted by Crippen LogP contribution is -2.68. The van der Waals surface area contributed by atoms with Gasteiger partial charge in [-0.1, -0.05) is 32.9 Å². The van der Waals surface area contributed by atoms with E-state index in [1.165, 1.54) is 12.1 Å². The Morgan fingerprint density at radius 3 is 2.45 bits per heavy atom. The van der Waals surface area contributed by atoms with Gasteiger partial charge in [-0.05, 0) is 42.5 Å². The van der Waals surface area contributed by atoms with Crippen LogP contribution in [-0.2, 0) is 11.3 Å². The summed E-state index contributed by atoms with van der Waals surface area (Å²) in [5.74, 6) is 1.43. The fraction of sp³-hybridized carbons (Fsp3) is 0.565. The van der Waals surface area contributed by atoms with Crippen LogP contribution in [0.25, 0.3) is 11.3 Å². The molecule has 0 radical (unpaired) electrons. The van der Waals surface area contributed by atoms with Gasteiger partial charge in [-0.25, -0.2) is 4.39 Å². The SMILES string of the molecule is CC(C)CC1C[N+](C)(Cc2cc(-c3ccc(F)cc3)on2)C(CC(C)C)C(=O)N1. The van der Waals surface area contributed by atoms with E-state index in [4.69, 9.17) is 4.52 Å².